The van der Waals surface area contributed by atoms with E-state index < -0.39 is 0 Å². The minimum atomic E-state index is 0.342. The fourth-order valence-electron chi connectivity index (χ4n) is 2.05. The zero-order valence-corrected chi connectivity index (χ0v) is 12.1. The van der Waals surface area contributed by atoms with E-state index in [1.165, 1.54) is 6.33 Å². The van der Waals surface area contributed by atoms with E-state index in [1.54, 1.807) is 11.0 Å². The average molecular weight is 302 g/mol. The highest BCUT2D eigenvalue weighted by Gasteiger charge is 2.10. The number of rotatable bonds is 4. The van der Waals surface area contributed by atoms with E-state index in [4.69, 9.17) is 15.2 Å². The Morgan fingerprint density at radius 1 is 1.32 bits per heavy atom. The Labute approximate surface area is 128 Å². The number of nitrogens with zero attached hydrogens (tertiary/aromatic N) is 4. The molecule has 0 unspecified atom stereocenters. The fourth-order valence-corrected chi connectivity index (χ4v) is 2.05. The van der Waals surface area contributed by atoms with Gasteiger partial charge in [0.25, 0.3) is 0 Å². The summed E-state index contributed by atoms with van der Waals surface area (Å²) in [6, 6.07) is 5.61. The van der Waals surface area contributed by atoms with Crippen molar-refractivity contribution >= 4 is 11.6 Å². The Hall–Kier alpha value is -2.77. The highest BCUT2D eigenvalue weighted by molar-refractivity contribution is 5.92. The molecule has 2 aromatic rings. The molecule has 2 heterocycles. The van der Waals surface area contributed by atoms with E-state index in [9.17, 15) is 0 Å². The minimum absolute atomic E-state index is 0.342. The number of hydrogen-bond acceptors (Lipinski definition) is 5. The molecule has 1 aliphatic heterocycles. The molecule has 1 aliphatic rings. The fraction of sp³-hybridized carbons (Fsp3) is 0.357. The van der Waals surface area contributed by atoms with Crippen LogP contribution >= 0.6 is 0 Å². The van der Waals surface area contributed by atoms with Gasteiger partial charge in [-0.1, -0.05) is 0 Å². The van der Waals surface area contributed by atoms with Gasteiger partial charge in [0.15, 0.2) is 17.5 Å². The predicted molar refractivity (Wildman–Crippen MR) is 82.2 cm³/mol. The maximum Gasteiger partial charge on any atom is 0.193 e. The lowest BCUT2D eigenvalue weighted by Crippen LogP contribution is -2.23. The van der Waals surface area contributed by atoms with Crippen LogP contribution in [0.4, 0.5) is 5.69 Å². The van der Waals surface area contributed by atoms with E-state index in [2.05, 4.69) is 20.4 Å². The number of aromatic nitrogens is 3. The maximum atomic E-state index is 5.87. The number of nitrogens with two attached hydrogens (primary N) is 1. The molecule has 0 fully saturated rings. The van der Waals surface area contributed by atoms with Crippen LogP contribution in [0.5, 0.6) is 11.5 Å². The monoisotopic (exact) mass is 302 g/mol. The number of anilines is 1. The first-order chi connectivity index (χ1) is 10.8. The van der Waals surface area contributed by atoms with Crippen LogP contribution in [0.3, 0.4) is 0 Å². The molecule has 1 aromatic carbocycles. The highest BCUT2D eigenvalue weighted by atomic mass is 16.5. The second kappa shape index (κ2) is 6.79. The van der Waals surface area contributed by atoms with Crippen LogP contribution in [0.2, 0.25) is 0 Å². The molecule has 0 radical (unpaired) electrons. The number of hydrogen-bond donors (Lipinski definition) is 2. The zero-order valence-electron chi connectivity index (χ0n) is 12.1. The van der Waals surface area contributed by atoms with Gasteiger partial charge in [-0.25, -0.2) is 4.98 Å². The molecule has 0 amide bonds. The van der Waals surface area contributed by atoms with Crippen LogP contribution in [0, 0.1) is 0 Å². The molecule has 0 aliphatic carbocycles. The Morgan fingerprint density at radius 2 is 2.18 bits per heavy atom. The third-order valence-corrected chi connectivity index (χ3v) is 3.10. The van der Waals surface area contributed by atoms with E-state index in [1.807, 2.05) is 18.2 Å². The van der Waals surface area contributed by atoms with Crippen molar-refractivity contribution in [3.05, 3.63) is 30.9 Å². The van der Waals surface area contributed by atoms with Gasteiger partial charge in [-0.05, 0) is 12.1 Å². The number of nitrogens with one attached hydrogen (secondary N) is 1. The zero-order chi connectivity index (χ0) is 15.2. The number of aliphatic imine (C=N–C) groups is 1. The Morgan fingerprint density at radius 3 is 3.00 bits per heavy atom. The smallest absolute Gasteiger partial charge is 0.193 e. The van der Waals surface area contributed by atoms with E-state index in [0.29, 0.717) is 32.3 Å². The van der Waals surface area contributed by atoms with Crippen LogP contribution in [-0.2, 0) is 6.54 Å². The minimum Gasteiger partial charge on any atom is -0.490 e. The molecule has 1 aromatic heterocycles. The standard InChI is InChI=1S/C14H18N6O2/c15-14(17-4-5-20-10-16-9-18-20)19-11-2-3-12-13(8-11)22-7-1-6-21-12/h2-3,8-10H,1,4-7H2,(H3,15,17,19). The maximum absolute atomic E-state index is 5.87. The van der Waals surface area contributed by atoms with E-state index in [0.717, 1.165) is 23.6 Å². The third kappa shape index (κ3) is 3.66. The summed E-state index contributed by atoms with van der Waals surface area (Å²) in [6.07, 6.45) is 4.01. The van der Waals surface area contributed by atoms with Crippen LogP contribution < -0.4 is 20.5 Å². The first kappa shape index (κ1) is 14.2. The number of fused-ring (bicyclic) bond motifs is 1. The van der Waals surface area contributed by atoms with Gasteiger partial charge in [0, 0.05) is 18.2 Å². The third-order valence-electron chi connectivity index (χ3n) is 3.10. The predicted octanol–water partition coefficient (Wildman–Crippen LogP) is 0.866. The van der Waals surface area contributed by atoms with Gasteiger partial charge in [0.05, 0.1) is 26.3 Å². The van der Waals surface area contributed by atoms with Crippen LogP contribution in [0.1, 0.15) is 6.42 Å². The molecule has 3 N–H and O–H groups in total. The molecule has 0 spiro atoms. The van der Waals surface area contributed by atoms with Gasteiger partial charge in [0.2, 0.25) is 0 Å². The molecule has 0 bridgehead atoms. The van der Waals surface area contributed by atoms with Gasteiger partial charge in [-0.3, -0.25) is 9.67 Å². The van der Waals surface area contributed by atoms with Crippen LogP contribution in [0.25, 0.3) is 0 Å². The van der Waals surface area contributed by atoms with E-state index in [-0.39, 0.29) is 0 Å². The topological polar surface area (TPSA) is 99.6 Å². The van der Waals surface area contributed by atoms with Crippen LogP contribution in [0.15, 0.2) is 35.8 Å². The lowest BCUT2D eigenvalue weighted by atomic mass is 10.3. The number of benzene rings is 1. The molecule has 22 heavy (non-hydrogen) atoms. The van der Waals surface area contributed by atoms with Crippen molar-refractivity contribution in [2.45, 2.75) is 13.0 Å². The van der Waals surface area contributed by atoms with Gasteiger partial charge in [-0.15, -0.1) is 0 Å². The first-order valence-corrected chi connectivity index (χ1v) is 7.10. The Balaban J connectivity index is 1.58. The summed E-state index contributed by atoms with van der Waals surface area (Å²) in [6.45, 7) is 2.47. The summed E-state index contributed by atoms with van der Waals surface area (Å²) in [5.41, 5.74) is 6.68. The molecule has 0 saturated carbocycles. The van der Waals surface area contributed by atoms with Gasteiger partial charge in [0.1, 0.15) is 12.7 Å². The van der Waals surface area contributed by atoms with E-state index >= 15 is 0 Å². The second-order valence-corrected chi connectivity index (χ2v) is 4.76. The molecular formula is C14H18N6O2. The quantitative estimate of drug-likeness (QED) is 0.642. The molecule has 0 atom stereocenters. The van der Waals surface area contributed by atoms with Gasteiger partial charge in [-0.2, -0.15) is 5.10 Å². The summed E-state index contributed by atoms with van der Waals surface area (Å²) < 4.78 is 12.9. The van der Waals surface area contributed by atoms with Crippen molar-refractivity contribution < 1.29 is 9.47 Å². The summed E-state index contributed by atoms with van der Waals surface area (Å²) in [5, 5.41) is 7.04. The Kier molecular flexibility index (Phi) is 4.38. The lowest BCUT2D eigenvalue weighted by Gasteiger charge is -2.10. The molecule has 116 valence electrons. The normalized spacial score (nSPS) is 14.5. The summed E-state index contributed by atoms with van der Waals surface area (Å²) in [5.74, 6) is 1.82. The molecular weight excluding hydrogens is 284 g/mol. The summed E-state index contributed by atoms with van der Waals surface area (Å²) in [4.78, 5) is 8.11. The largest absolute Gasteiger partial charge is 0.490 e. The molecule has 8 heteroatoms. The average Bonchev–Trinajstić information content (AvgIpc) is 2.91. The number of ether oxygens (including phenoxy) is 2. The molecule has 0 saturated heterocycles. The van der Waals surface area contributed by atoms with Crippen molar-refractivity contribution in [1.82, 2.24) is 14.8 Å². The number of guanidine groups is 1. The molecule has 8 nitrogen and oxygen atoms in total. The van der Waals surface area contributed by atoms with Crippen molar-refractivity contribution in [2.75, 3.05) is 25.1 Å². The Bertz CT molecular complexity index is 641. The van der Waals surface area contributed by atoms with Crippen molar-refractivity contribution in [3.8, 4) is 11.5 Å². The first-order valence-electron chi connectivity index (χ1n) is 7.10. The van der Waals surface area contributed by atoms with Crippen molar-refractivity contribution in [1.29, 1.82) is 0 Å². The molecule has 3 rings (SSSR count). The van der Waals surface area contributed by atoms with Gasteiger partial charge < -0.3 is 20.5 Å². The van der Waals surface area contributed by atoms with Crippen molar-refractivity contribution in [2.24, 2.45) is 10.7 Å². The second-order valence-electron chi connectivity index (χ2n) is 4.76. The van der Waals surface area contributed by atoms with Crippen LogP contribution in [-0.4, -0.2) is 40.5 Å². The SMILES string of the molecule is NC(=NCCn1cncn1)Nc1ccc2c(c1)OCCCO2. The lowest BCUT2D eigenvalue weighted by molar-refractivity contribution is 0.297. The van der Waals surface area contributed by atoms with Gasteiger partial charge >= 0.3 is 0 Å². The summed E-state index contributed by atoms with van der Waals surface area (Å²) in [7, 11) is 0. The summed E-state index contributed by atoms with van der Waals surface area (Å²) >= 11 is 0. The highest BCUT2D eigenvalue weighted by Crippen LogP contribution is 2.32. The van der Waals surface area contributed by atoms with Crippen molar-refractivity contribution in [3.63, 3.8) is 0 Å².